The van der Waals surface area contributed by atoms with Crippen molar-refractivity contribution in [2.45, 2.75) is 32.7 Å². The Morgan fingerprint density at radius 2 is 2.17 bits per heavy atom. The first-order valence-electron chi connectivity index (χ1n) is 6.32. The van der Waals surface area contributed by atoms with Gasteiger partial charge in [-0.05, 0) is 31.9 Å². The molecule has 3 N–H and O–H groups in total. The maximum Gasteiger partial charge on any atom is 0.239 e. The van der Waals surface area contributed by atoms with Gasteiger partial charge in [-0.15, -0.1) is 0 Å². The third kappa shape index (κ3) is 4.79. The molecule has 1 unspecified atom stereocenters. The van der Waals surface area contributed by atoms with Gasteiger partial charge in [0, 0.05) is 19.8 Å². The van der Waals surface area contributed by atoms with E-state index in [1.165, 1.54) is 0 Å². The van der Waals surface area contributed by atoms with Gasteiger partial charge < -0.3 is 20.5 Å². The number of rotatable bonds is 8. The van der Waals surface area contributed by atoms with Crippen LogP contribution in [0, 0.1) is 0 Å². The molecule has 0 saturated carbocycles. The molecule has 18 heavy (non-hydrogen) atoms. The van der Waals surface area contributed by atoms with Crippen molar-refractivity contribution in [3.8, 4) is 5.88 Å². The van der Waals surface area contributed by atoms with Gasteiger partial charge >= 0.3 is 0 Å². The molecule has 1 heterocycles. The fourth-order valence-corrected chi connectivity index (χ4v) is 1.47. The number of nitrogen functional groups attached to an aromatic ring is 1. The standard InChI is InChI=1S/C13H23N3O2/c1-4-8-18-13-11(14)5-6-12(16-13)15-10(2)7-9-17-3/h5-6,10H,4,7-9,14H2,1-3H3,(H,15,16). The zero-order chi connectivity index (χ0) is 13.4. The highest BCUT2D eigenvalue weighted by molar-refractivity contribution is 5.53. The number of nitrogens with zero attached hydrogens (tertiary/aromatic N) is 1. The van der Waals surface area contributed by atoms with Gasteiger partial charge in [0.2, 0.25) is 5.88 Å². The van der Waals surface area contributed by atoms with E-state index in [2.05, 4.69) is 17.2 Å². The molecule has 0 bridgehead atoms. The lowest BCUT2D eigenvalue weighted by atomic mass is 10.2. The number of nitrogens with one attached hydrogen (secondary N) is 1. The third-order valence-electron chi connectivity index (χ3n) is 2.48. The van der Waals surface area contributed by atoms with E-state index in [9.17, 15) is 0 Å². The molecule has 5 heteroatoms. The molecule has 0 aromatic carbocycles. The first-order chi connectivity index (χ1) is 8.67. The van der Waals surface area contributed by atoms with E-state index in [1.807, 2.05) is 19.1 Å². The third-order valence-corrected chi connectivity index (χ3v) is 2.48. The molecule has 0 fully saturated rings. The summed E-state index contributed by atoms with van der Waals surface area (Å²) in [6.07, 6.45) is 1.86. The largest absolute Gasteiger partial charge is 0.476 e. The van der Waals surface area contributed by atoms with Crippen molar-refractivity contribution < 1.29 is 9.47 Å². The molecule has 0 spiro atoms. The van der Waals surface area contributed by atoms with Crippen LogP contribution < -0.4 is 15.8 Å². The summed E-state index contributed by atoms with van der Waals surface area (Å²) in [5, 5.41) is 3.29. The highest BCUT2D eigenvalue weighted by atomic mass is 16.5. The summed E-state index contributed by atoms with van der Waals surface area (Å²) < 4.78 is 10.5. The molecule has 1 rings (SSSR count). The molecule has 0 amide bonds. The van der Waals surface area contributed by atoms with Crippen LogP contribution >= 0.6 is 0 Å². The summed E-state index contributed by atoms with van der Waals surface area (Å²) >= 11 is 0. The molecule has 1 atom stereocenters. The average molecular weight is 253 g/mol. The van der Waals surface area contributed by atoms with Crippen molar-refractivity contribution >= 4 is 11.5 Å². The predicted molar refractivity (Wildman–Crippen MR) is 74.0 cm³/mol. The average Bonchev–Trinajstić information content (AvgIpc) is 2.37. The van der Waals surface area contributed by atoms with E-state index in [4.69, 9.17) is 15.2 Å². The van der Waals surface area contributed by atoms with Gasteiger partial charge in [-0.3, -0.25) is 0 Å². The second kappa shape index (κ2) is 7.76. The zero-order valence-corrected chi connectivity index (χ0v) is 11.4. The molecule has 0 aliphatic rings. The Morgan fingerprint density at radius 3 is 2.83 bits per heavy atom. The van der Waals surface area contributed by atoms with Gasteiger partial charge in [-0.25, -0.2) is 0 Å². The molecule has 0 aliphatic carbocycles. The topological polar surface area (TPSA) is 69.4 Å². The number of aromatic nitrogens is 1. The smallest absolute Gasteiger partial charge is 0.239 e. The van der Waals surface area contributed by atoms with Crippen LogP contribution in [-0.4, -0.2) is 31.3 Å². The molecular formula is C13H23N3O2. The van der Waals surface area contributed by atoms with Crippen LogP contribution in [0.5, 0.6) is 5.88 Å². The van der Waals surface area contributed by atoms with Gasteiger partial charge in [0.15, 0.2) is 0 Å². The van der Waals surface area contributed by atoms with E-state index in [-0.39, 0.29) is 0 Å². The number of methoxy groups -OCH3 is 1. The van der Waals surface area contributed by atoms with Gasteiger partial charge in [0.25, 0.3) is 0 Å². The minimum Gasteiger partial charge on any atom is -0.476 e. The van der Waals surface area contributed by atoms with Gasteiger partial charge in [0.1, 0.15) is 5.82 Å². The fraction of sp³-hybridized carbons (Fsp3) is 0.615. The first kappa shape index (κ1) is 14.6. The Bertz CT molecular complexity index is 358. The van der Waals surface area contributed by atoms with Crippen molar-refractivity contribution in [2.75, 3.05) is 31.4 Å². The van der Waals surface area contributed by atoms with Crippen molar-refractivity contribution in [3.63, 3.8) is 0 Å². The molecule has 5 nitrogen and oxygen atoms in total. The minimum absolute atomic E-state index is 0.292. The number of ether oxygens (including phenoxy) is 2. The van der Waals surface area contributed by atoms with Crippen LogP contribution in [-0.2, 0) is 4.74 Å². The van der Waals surface area contributed by atoms with Crippen molar-refractivity contribution in [1.29, 1.82) is 0 Å². The van der Waals surface area contributed by atoms with E-state index in [1.54, 1.807) is 7.11 Å². The Labute approximate surface area is 109 Å². The number of hydrogen-bond donors (Lipinski definition) is 2. The van der Waals surface area contributed by atoms with Gasteiger partial charge in [0.05, 0.1) is 12.3 Å². The molecule has 0 saturated heterocycles. The van der Waals surface area contributed by atoms with E-state index in [0.29, 0.717) is 24.2 Å². The SMILES string of the molecule is CCCOc1nc(NC(C)CCOC)ccc1N. The summed E-state index contributed by atoms with van der Waals surface area (Å²) in [6, 6.07) is 3.96. The quantitative estimate of drug-likeness (QED) is 0.744. The summed E-state index contributed by atoms with van der Waals surface area (Å²) in [4.78, 5) is 4.36. The molecular weight excluding hydrogens is 230 g/mol. The Kier molecular flexibility index (Phi) is 6.28. The highest BCUT2D eigenvalue weighted by Crippen LogP contribution is 2.21. The Balaban J connectivity index is 2.60. The van der Waals surface area contributed by atoms with E-state index in [0.717, 1.165) is 25.3 Å². The summed E-state index contributed by atoms with van der Waals surface area (Å²) in [7, 11) is 1.70. The zero-order valence-electron chi connectivity index (χ0n) is 11.4. The number of anilines is 2. The molecule has 102 valence electrons. The first-order valence-corrected chi connectivity index (χ1v) is 6.32. The lowest BCUT2D eigenvalue weighted by Gasteiger charge is -2.15. The van der Waals surface area contributed by atoms with Crippen molar-refractivity contribution in [1.82, 2.24) is 4.98 Å². The van der Waals surface area contributed by atoms with Crippen LogP contribution in [0.25, 0.3) is 0 Å². The van der Waals surface area contributed by atoms with E-state index < -0.39 is 0 Å². The molecule has 0 aliphatic heterocycles. The van der Waals surface area contributed by atoms with Crippen LogP contribution in [0.15, 0.2) is 12.1 Å². The second-order valence-electron chi connectivity index (χ2n) is 4.27. The van der Waals surface area contributed by atoms with E-state index >= 15 is 0 Å². The Morgan fingerprint density at radius 1 is 1.39 bits per heavy atom. The van der Waals surface area contributed by atoms with Crippen LogP contribution in [0.1, 0.15) is 26.7 Å². The molecule has 1 aromatic rings. The van der Waals surface area contributed by atoms with Gasteiger partial charge in [-0.1, -0.05) is 6.92 Å². The maximum absolute atomic E-state index is 5.81. The van der Waals surface area contributed by atoms with Crippen LogP contribution in [0.3, 0.4) is 0 Å². The summed E-state index contributed by atoms with van der Waals surface area (Å²) in [5.41, 5.74) is 6.37. The Hall–Kier alpha value is -1.49. The monoisotopic (exact) mass is 253 g/mol. The normalized spacial score (nSPS) is 12.2. The van der Waals surface area contributed by atoms with Crippen molar-refractivity contribution in [2.24, 2.45) is 0 Å². The number of pyridine rings is 1. The predicted octanol–water partition coefficient (Wildman–Crippen LogP) is 2.29. The number of hydrogen-bond acceptors (Lipinski definition) is 5. The fourth-order valence-electron chi connectivity index (χ4n) is 1.47. The van der Waals surface area contributed by atoms with Gasteiger partial charge in [-0.2, -0.15) is 4.98 Å². The van der Waals surface area contributed by atoms with Crippen LogP contribution in [0.4, 0.5) is 11.5 Å². The molecule has 0 radical (unpaired) electrons. The lowest BCUT2D eigenvalue weighted by molar-refractivity contribution is 0.191. The van der Waals surface area contributed by atoms with Crippen molar-refractivity contribution in [3.05, 3.63) is 12.1 Å². The maximum atomic E-state index is 5.81. The molecule has 1 aromatic heterocycles. The second-order valence-corrected chi connectivity index (χ2v) is 4.27. The number of nitrogens with two attached hydrogens (primary N) is 1. The minimum atomic E-state index is 0.292. The highest BCUT2D eigenvalue weighted by Gasteiger charge is 2.07. The van der Waals surface area contributed by atoms with Crippen LogP contribution in [0.2, 0.25) is 0 Å². The summed E-state index contributed by atoms with van der Waals surface area (Å²) in [5.74, 6) is 1.28. The summed E-state index contributed by atoms with van der Waals surface area (Å²) in [6.45, 7) is 5.48. The lowest BCUT2D eigenvalue weighted by Crippen LogP contribution is -2.18.